The Balaban J connectivity index is 1.82. The molecule has 1 N–H and O–H groups in total. The zero-order valence-electron chi connectivity index (χ0n) is 11.9. The molecule has 0 aromatic heterocycles. The second-order valence-electron chi connectivity index (χ2n) is 4.74. The van der Waals surface area contributed by atoms with Crippen LogP contribution in [0.15, 0.2) is 48.5 Å². The van der Waals surface area contributed by atoms with Crippen LogP contribution in [0.3, 0.4) is 0 Å². The maximum atomic E-state index is 11.8. The lowest BCUT2D eigenvalue weighted by atomic mass is 10.1. The molecule has 0 bridgehead atoms. The van der Waals surface area contributed by atoms with Gasteiger partial charge in [-0.05, 0) is 71.0 Å². The van der Waals surface area contributed by atoms with Gasteiger partial charge in [0.1, 0.15) is 5.75 Å². The predicted molar refractivity (Wildman–Crippen MR) is 93.7 cm³/mol. The van der Waals surface area contributed by atoms with E-state index < -0.39 is 0 Å². The average Bonchev–Trinajstić information content (AvgIpc) is 2.49. The molecule has 0 radical (unpaired) electrons. The Morgan fingerprint density at radius 2 is 1.76 bits per heavy atom. The molecule has 0 saturated heterocycles. The number of benzene rings is 2. The van der Waals surface area contributed by atoms with Crippen LogP contribution >= 0.6 is 22.6 Å². The molecule has 21 heavy (non-hydrogen) atoms. The number of anilines is 1. The third-order valence-corrected chi connectivity index (χ3v) is 3.68. The molecule has 2 rings (SSSR count). The summed E-state index contributed by atoms with van der Waals surface area (Å²) >= 11 is 2.23. The summed E-state index contributed by atoms with van der Waals surface area (Å²) in [5, 5.41) is 2.83. The Bertz CT molecular complexity index is 579. The molecule has 1 amide bonds. The Kier molecular flexibility index (Phi) is 6.04. The minimum absolute atomic E-state index is 0.0112. The van der Waals surface area contributed by atoms with E-state index in [1.165, 1.54) is 5.56 Å². The van der Waals surface area contributed by atoms with Crippen molar-refractivity contribution in [3.8, 4) is 5.75 Å². The summed E-state index contributed by atoms with van der Waals surface area (Å²) in [5.41, 5.74) is 2.08. The van der Waals surface area contributed by atoms with E-state index in [0.29, 0.717) is 5.75 Å². The number of hydrogen-bond donors (Lipinski definition) is 1. The van der Waals surface area contributed by atoms with Gasteiger partial charge in [-0.2, -0.15) is 0 Å². The highest BCUT2D eigenvalue weighted by Gasteiger charge is 2.04. The summed E-state index contributed by atoms with van der Waals surface area (Å²) in [5.74, 6) is 0.542. The van der Waals surface area contributed by atoms with Crippen molar-refractivity contribution < 1.29 is 9.53 Å². The van der Waals surface area contributed by atoms with E-state index in [4.69, 9.17) is 4.74 Å². The smallest absolute Gasteiger partial charge is 0.262 e. The minimum atomic E-state index is -0.156. The van der Waals surface area contributed by atoms with Crippen molar-refractivity contribution in [1.29, 1.82) is 0 Å². The summed E-state index contributed by atoms with van der Waals surface area (Å²) in [6.07, 6.45) is 2.18. The van der Waals surface area contributed by atoms with Crippen LogP contribution in [0.1, 0.15) is 18.9 Å². The minimum Gasteiger partial charge on any atom is -0.484 e. The predicted octanol–water partition coefficient (Wildman–Crippen LogP) is 4.26. The van der Waals surface area contributed by atoms with E-state index in [-0.39, 0.29) is 12.5 Å². The molecule has 2 aromatic carbocycles. The number of ether oxygens (including phenoxy) is 1. The van der Waals surface area contributed by atoms with E-state index in [1.807, 2.05) is 48.5 Å². The largest absolute Gasteiger partial charge is 0.484 e. The Morgan fingerprint density at radius 3 is 2.38 bits per heavy atom. The van der Waals surface area contributed by atoms with Gasteiger partial charge in [-0.1, -0.05) is 25.5 Å². The van der Waals surface area contributed by atoms with Gasteiger partial charge >= 0.3 is 0 Å². The van der Waals surface area contributed by atoms with Crippen molar-refractivity contribution >= 4 is 34.2 Å². The van der Waals surface area contributed by atoms with Crippen LogP contribution in [-0.4, -0.2) is 12.5 Å². The van der Waals surface area contributed by atoms with E-state index in [1.54, 1.807) is 0 Å². The van der Waals surface area contributed by atoms with Gasteiger partial charge in [0, 0.05) is 9.26 Å². The SMILES string of the molecule is CCCc1ccc(NC(=O)COc2ccc(I)cc2)cc1. The number of amides is 1. The second-order valence-corrected chi connectivity index (χ2v) is 5.98. The summed E-state index contributed by atoms with van der Waals surface area (Å²) in [4.78, 5) is 11.8. The molecule has 4 heteroatoms. The molecule has 0 aliphatic carbocycles. The zero-order valence-corrected chi connectivity index (χ0v) is 14.1. The Morgan fingerprint density at radius 1 is 1.10 bits per heavy atom. The standard InChI is InChI=1S/C17H18INO2/c1-2-3-13-4-8-15(9-5-13)19-17(20)12-21-16-10-6-14(18)7-11-16/h4-11H,2-3,12H2,1H3,(H,19,20). The Labute approximate surface area is 138 Å². The fourth-order valence-corrected chi connectivity index (χ4v) is 2.28. The first-order chi connectivity index (χ1) is 10.2. The molecular weight excluding hydrogens is 377 g/mol. The van der Waals surface area contributed by atoms with Gasteiger partial charge in [0.25, 0.3) is 5.91 Å². The summed E-state index contributed by atoms with van der Waals surface area (Å²) in [6, 6.07) is 15.5. The number of halogens is 1. The molecule has 0 fully saturated rings. The lowest BCUT2D eigenvalue weighted by molar-refractivity contribution is -0.118. The molecule has 0 aliphatic heterocycles. The van der Waals surface area contributed by atoms with Crippen LogP contribution in [0.4, 0.5) is 5.69 Å². The monoisotopic (exact) mass is 395 g/mol. The van der Waals surface area contributed by atoms with E-state index in [9.17, 15) is 4.79 Å². The van der Waals surface area contributed by atoms with E-state index >= 15 is 0 Å². The molecule has 0 heterocycles. The fraction of sp³-hybridized carbons (Fsp3) is 0.235. The molecule has 2 aromatic rings. The topological polar surface area (TPSA) is 38.3 Å². The molecule has 110 valence electrons. The van der Waals surface area contributed by atoms with Gasteiger partial charge in [0.05, 0.1) is 0 Å². The highest BCUT2D eigenvalue weighted by molar-refractivity contribution is 14.1. The van der Waals surface area contributed by atoms with Crippen LogP contribution in [0.25, 0.3) is 0 Å². The van der Waals surface area contributed by atoms with Crippen LogP contribution in [0, 0.1) is 3.57 Å². The maximum absolute atomic E-state index is 11.8. The van der Waals surface area contributed by atoms with Crippen molar-refractivity contribution in [2.75, 3.05) is 11.9 Å². The molecule has 0 atom stereocenters. The highest BCUT2D eigenvalue weighted by Crippen LogP contribution is 2.14. The lowest BCUT2D eigenvalue weighted by Gasteiger charge is -2.08. The van der Waals surface area contributed by atoms with Crippen LogP contribution < -0.4 is 10.1 Å². The first-order valence-corrected chi connectivity index (χ1v) is 8.02. The lowest BCUT2D eigenvalue weighted by Crippen LogP contribution is -2.20. The van der Waals surface area contributed by atoms with Gasteiger partial charge in [-0.15, -0.1) is 0 Å². The van der Waals surface area contributed by atoms with Gasteiger partial charge in [-0.25, -0.2) is 0 Å². The van der Waals surface area contributed by atoms with Gasteiger partial charge in [-0.3, -0.25) is 4.79 Å². The van der Waals surface area contributed by atoms with Crippen LogP contribution in [0.5, 0.6) is 5.75 Å². The zero-order chi connectivity index (χ0) is 15.1. The van der Waals surface area contributed by atoms with Gasteiger partial charge in [0.15, 0.2) is 6.61 Å². The maximum Gasteiger partial charge on any atom is 0.262 e. The summed E-state index contributed by atoms with van der Waals surface area (Å²) < 4.78 is 6.58. The number of carbonyl (C=O) groups is 1. The normalized spacial score (nSPS) is 10.2. The van der Waals surface area contributed by atoms with Crippen molar-refractivity contribution in [1.82, 2.24) is 0 Å². The number of aryl methyl sites for hydroxylation is 1. The van der Waals surface area contributed by atoms with Crippen molar-refractivity contribution in [2.45, 2.75) is 19.8 Å². The average molecular weight is 395 g/mol. The molecule has 3 nitrogen and oxygen atoms in total. The molecule has 0 spiro atoms. The van der Waals surface area contributed by atoms with Crippen LogP contribution in [-0.2, 0) is 11.2 Å². The van der Waals surface area contributed by atoms with E-state index in [2.05, 4.69) is 34.8 Å². The van der Waals surface area contributed by atoms with Gasteiger partial charge in [0.2, 0.25) is 0 Å². The van der Waals surface area contributed by atoms with Crippen molar-refractivity contribution in [3.63, 3.8) is 0 Å². The molecular formula is C17H18INO2. The summed E-state index contributed by atoms with van der Waals surface area (Å²) in [7, 11) is 0. The first kappa shape index (κ1) is 15.8. The molecule has 0 unspecified atom stereocenters. The van der Waals surface area contributed by atoms with Crippen molar-refractivity contribution in [2.24, 2.45) is 0 Å². The number of carbonyl (C=O) groups excluding carboxylic acids is 1. The molecule has 0 saturated carbocycles. The third kappa shape index (κ3) is 5.38. The first-order valence-electron chi connectivity index (χ1n) is 6.94. The fourth-order valence-electron chi connectivity index (χ4n) is 1.92. The second kappa shape index (κ2) is 8.02. The van der Waals surface area contributed by atoms with Gasteiger partial charge < -0.3 is 10.1 Å². The van der Waals surface area contributed by atoms with Crippen molar-refractivity contribution in [3.05, 3.63) is 57.7 Å². The molecule has 0 aliphatic rings. The van der Waals surface area contributed by atoms with Crippen LogP contribution in [0.2, 0.25) is 0 Å². The highest BCUT2D eigenvalue weighted by atomic mass is 127. The quantitative estimate of drug-likeness (QED) is 0.743. The summed E-state index contributed by atoms with van der Waals surface area (Å²) in [6.45, 7) is 2.16. The number of nitrogens with one attached hydrogen (secondary N) is 1. The third-order valence-electron chi connectivity index (χ3n) is 2.96. The number of hydrogen-bond acceptors (Lipinski definition) is 2. The Hall–Kier alpha value is -1.56. The van der Waals surface area contributed by atoms with E-state index in [0.717, 1.165) is 22.1 Å². The number of rotatable bonds is 6.